The van der Waals surface area contributed by atoms with Crippen LogP contribution < -0.4 is 10.5 Å². The molecule has 0 radical (unpaired) electrons. The Labute approximate surface area is 223 Å². The van der Waals surface area contributed by atoms with Gasteiger partial charge in [0.15, 0.2) is 5.78 Å². The molecule has 1 saturated carbocycles. The third-order valence-electron chi connectivity index (χ3n) is 7.41. The zero-order valence-electron chi connectivity index (χ0n) is 22.1. The second kappa shape index (κ2) is 9.73. The number of fused-ring (bicyclic) bond motifs is 1. The van der Waals surface area contributed by atoms with Crippen molar-refractivity contribution in [3.63, 3.8) is 0 Å². The van der Waals surface area contributed by atoms with Crippen LogP contribution in [0.1, 0.15) is 75.9 Å². The predicted octanol–water partition coefficient (Wildman–Crippen LogP) is 6.25. The van der Waals surface area contributed by atoms with Crippen molar-refractivity contribution in [1.82, 2.24) is 4.90 Å². The van der Waals surface area contributed by atoms with Gasteiger partial charge in [0, 0.05) is 34.8 Å². The molecule has 1 aliphatic heterocycles. The maximum Gasteiger partial charge on any atom is 0.182 e. The van der Waals surface area contributed by atoms with E-state index in [2.05, 4.69) is 66.6 Å². The predicted molar refractivity (Wildman–Crippen MR) is 149 cm³/mol. The number of nitrogens with zero attached hydrogens (tertiary/aromatic N) is 2. The molecule has 4 rings (SSSR count). The lowest BCUT2D eigenvalue weighted by Gasteiger charge is -2.28. The summed E-state index contributed by atoms with van der Waals surface area (Å²) in [7, 11) is 0. The highest BCUT2D eigenvalue weighted by Crippen LogP contribution is 2.43. The van der Waals surface area contributed by atoms with Crippen LogP contribution in [-0.4, -0.2) is 40.8 Å². The number of amidine groups is 1. The van der Waals surface area contributed by atoms with Crippen LogP contribution in [0.25, 0.3) is 0 Å². The largest absolute Gasteiger partial charge is 0.507 e. The Kier molecular flexibility index (Phi) is 7.17. The summed E-state index contributed by atoms with van der Waals surface area (Å²) < 4.78 is 10.6. The fourth-order valence-corrected chi connectivity index (χ4v) is 5.99. The van der Waals surface area contributed by atoms with Crippen molar-refractivity contribution in [2.75, 3.05) is 18.8 Å². The molecule has 1 aliphatic carbocycles. The number of phenolic OH excluding ortho intramolecular Hbond substituents is 1. The molecule has 0 amide bonds. The van der Waals surface area contributed by atoms with Crippen LogP contribution in [0.2, 0.25) is 0 Å². The SMILES string of the molecule is CC(C)(C)c1cc(C(=O)CN2C[C@@H]3C[C@@H](Oc4ccc(N)cc4)C[C@@H]3C2=NBr)cc(C(C)(C)C)c1O. The quantitative estimate of drug-likeness (QED) is 0.336. The van der Waals surface area contributed by atoms with Gasteiger partial charge in [0.05, 0.1) is 28.8 Å². The number of nitrogens with two attached hydrogens (primary N) is 1. The highest BCUT2D eigenvalue weighted by molar-refractivity contribution is 9.08. The number of ketones is 1. The minimum Gasteiger partial charge on any atom is -0.507 e. The number of phenols is 1. The minimum atomic E-state index is -0.285. The van der Waals surface area contributed by atoms with E-state index >= 15 is 0 Å². The fourth-order valence-electron chi connectivity index (χ4n) is 5.50. The van der Waals surface area contributed by atoms with Gasteiger partial charge in [-0.15, -0.1) is 0 Å². The third-order valence-corrected chi connectivity index (χ3v) is 7.78. The van der Waals surface area contributed by atoms with E-state index in [4.69, 9.17) is 10.5 Å². The van der Waals surface area contributed by atoms with Crippen LogP contribution in [-0.2, 0) is 10.8 Å². The molecule has 0 bridgehead atoms. The van der Waals surface area contributed by atoms with Gasteiger partial charge in [0.1, 0.15) is 17.3 Å². The zero-order chi connectivity index (χ0) is 26.4. The lowest BCUT2D eigenvalue weighted by atomic mass is 9.78. The minimum absolute atomic E-state index is 0.0364. The average Bonchev–Trinajstić information content (AvgIpc) is 3.30. The van der Waals surface area contributed by atoms with Crippen molar-refractivity contribution in [2.45, 2.75) is 71.3 Å². The van der Waals surface area contributed by atoms with E-state index in [1.165, 1.54) is 0 Å². The van der Waals surface area contributed by atoms with E-state index in [0.29, 0.717) is 11.5 Å². The van der Waals surface area contributed by atoms with Gasteiger partial charge in [-0.2, -0.15) is 4.02 Å². The number of carbonyl (C=O) groups excluding carboxylic acids is 1. The van der Waals surface area contributed by atoms with E-state index in [0.717, 1.165) is 47.8 Å². The van der Waals surface area contributed by atoms with Crippen molar-refractivity contribution >= 4 is 33.5 Å². The smallest absolute Gasteiger partial charge is 0.182 e. The van der Waals surface area contributed by atoms with Crippen molar-refractivity contribution in [1.29, 1.82) is 0 Å². The highest BCUT2D eigenvalue weighted by Gasteiger charge is 2.46. The molecule has 0 unspecified atom stereocenters. The summed E-state index contributed by atoms with van der Waals surface area (Å²) in [6, 6.07) is 11.2. The molecule has 3 atom stereocenters. The van der Waals surface area contributed by atoms with E-state index in [-0.39, 0.29) is 40.9 Å². The Morgan fingerprint density at radius 1 is 1.08 bits per heavy atom. The number of likely N-dealkylation sites (tertiary alicyclic amines) is 1. The Bertz CT molecular complexity index is 1130. The molecule has 0 spiro atoms. The Morgan fingerprint density at radius 3 is 2.19 bits per heavy atom. The van der Waals surface area contributed by atoms with Crippen molar-refractivity contribution in [3.8, 4) is 11.5 Å². The fraction of sp³-hybridized carbons (Fsp3) is 0.517. The number of hydrogen-bond acceptors (Lipinski definition) is 5. The van der Waals surface area contributed by atoms with Crippen LogP contribution in [0.15, 0.2) is 40.4 Å². The van der Waals surface area contributed by atoms with E-state index in [1.54, 1.807) is 0 Å². The molecular formula is C29H38BrN3O3. The summed E-state index contributed by atoms with van der Waals surface area (Å²) in [6.07, 6.45) is 1.91. The first kappa shape index (κ1) is 26.5. The van der Waals surface area contributed by atoms with Gasteiger partial charge in [0.2, 0.25) is 0 Å². The van der Waals surface area contributed by atoms with Gasteiger partial charge < -0.3 is 20.5 Å². The topological polar surface area (TPSA) is 88.2 Å². The first-order chi connectivity index (χ1) is 16.8. The molecule has 2 fully saturated rings. The third kappa shape index (κ3) is 5.41. The number of hydrogen-bond donors (Lipinski definition) is 2. The molecule has 6 nitrogen and oxygen atoms in total. The molecule has 1 heterocycles. The van der Waals surface area contributed by atoms with Crippen molar-refractivity contribution < 1.29 is 14.6 Å². The molecule has 2 aliphatic rings. The van der Waals surface area contributed by atoms with Gasteiger partial charge in [-0.3, -0.25) is 4.79 Å². The van der Waals surface area contributed by atoms with Gasteiger partial charge in [-0.05, 0) is 66.0 Å². The lowest BCUT2D eigenvalue weighted by molar-refractivity contribution is 0.0962. The number of halogens is 1. The molecular weight excluding hydrogens is 518 g/mol. The molecule has 3 N–H and O–H groups in total. The molecule has 2 aromatic carbocycles. The first-order valence-corrected chi connectivity index (χ1v) is 13.4. The van der Waals surface area contributed by atoms with E-state index in [1.807, 2.05) is 36.4 Å². The van der Waals surface area contributed by atoms with Gasteiger partial charge in [-0.25, -0.2) is 0 Å². The number of rotatable bonds is 5. The molecule has 7 heteroatoms. The van der Waals surface area contributed by atoms with Crippen molar-refractivity contribution in [3.05, 3.63) is 53.1 Å². The van der Waals surface area contributed by atoms with Crippen LogP contribution in [0.3, 0.4) is 0 Å². The maximum absolute atomic E-state index is 13.6. The molecule has 1 saturated heterocycles. The normalized spacial score (nSPS) is 23.2. The second-order valence-corrected chi connectivity index (χ2v) is 12.7. The van der Waals surface area contributed by atoms with Crippen LogP contribution in [0, 0.1) is 11.8 Å². The number of aromatic hydroxyl groups is 1. The summed E-state index contributed by atoms with van der Waals surface area (Å²) in [5.41, 5.74) is 8.17. The van der Waals surface area contributed by atoms with E-state index < -0.39 is 0 Å². The molecule has 0 aromatic heterocycles. The van der Waals surface area contributed by atoms with Crippen LogP contribution >= 0.6 is 16.1 Å². The Hall–Kier alpha value is -2.54. The Balaban J connectivity index is 1.50. The average molecular weight is 557 g/mol. The summed E-state index contributed by atoms with van der Waals surface area (Å²) in [5, 5.41) is 11.0. The van der Waals surface area contributed by atoms with Gasteiger partial charge in [0.25, 0.3) is 0 Å². The standard InChI is InChI=1S/C29H38BrN3O3/c1-28(2,3)23-12-17(13-24(26(23)35)29(4,5)6)25(34)16-33-15-18-11-21(14-22(18)27(33)32-30)36-20-9-7-19(31)8-10-20/h7-10,12-13,18,21-22,35H,11,14-16,31H2,1-6H3/t18-,21+,22-/m0/s1. The van der Waals surface area contributed by atoms with Gasteiger partial charge in [-0.1, -0.05) is 41.5 Å². The molecule has 36 heavy (non-hydrogen) atoms. The van der Waals surface area contributed by atoms with Crippen LogP contribution in [0.5, 0.6) is 11.5 Å². The monoisotopic (exact) mass is 555 g/mol. The highest BCUT2D eigenvalue weighted by atomic mass is 79.9. The number of Topliss-reactive ketones (excluding diaryl/α,β-unsaturated/α-hetero) is 1. The molecule has 194 valence electrons. The number of carbonyl (C=O) groups is 1. The summed E-state index contributed by atoms with van der Waals surface area (Å²) >= 11 is 3.33. The van der Waals surface area contributed by atoms with E-state index in [9.17, 15) is 9.90 Å². The number of nitrogen functional groups attached to an aromatic ring is 1. The summed E-state index contributed by atoms with van der Waals surface area (Å²) in [6.45, 7) is 13.4. The number of anilines is 1. The number of benzene rings is 2. The van der Waals surface area contributed by atoms with Gasteiger partial charge >= 0.3 is 0 Å². The maximum atomic E-state index is 13.6. The second-order valence-electron chi connectivity index (χ2n) is 12.3. The lowest BCUT2D eigenvalue weighted by Crippen LogP contribution is -2.34. The zero-order valence-corrected chi connectivity index (χ0v) is 23.7. The number of ether oxygens (including phenoxy) is 1. The summed E-state index contributed by atoms with van der Waals surface area (Å²) in [4.78, 5) is 15.7. The summed E-state index contributed by atoms with van der Waals surface area (Å²) in [5.74, 6) is 2.72. The Morgan fingerprint density at radius 2 is 1.67 bits per heavy atom. The van der Waals surface area contributed by atoms with Crippen LogP contribution in [0.4, 0.5) is 5.69 Å². The first-order valence-electron chi connectivity index (χ1n) is 12.6. The van der Waals surface area contributed by atoms with Crippen molar-refractivity contribution in [2.24, 2.45) is 15.9 Å². The molecule has 2 aromatic rings.